The third-order valence-electron chi connectivity index (χ3n) is 12.2. The van der Waals surface area contributed by atoms with Crippen LogP contribution < -0.4 is 4.90 Å². The molecule has 0 amide bonds. The Bertz CT molecular complexity index is 3290. The molecule has 0 fully saturated rings. The molecule has 58 heavy (non-hydrogen) atoms. The molecule has 0 atom stereocenters. The lowest BCUT2D eigenvalue weighted by atomic mass is 9.68. The number of para-hydroxylation sites is 3. The van der Waals surface area contributed by atoms with Gasteiger partial charge in [0.1, 0.15) is 22.3 Å². The minimum atomic E-state index is -0.474. The van der Waals surface area contributed by atoms with Crippen LogP contribution in [0, 0.1) is 0 Å². The summed E-state index contributed by atoms with van der Waals surface area (Å²) < 4.78 is 12.9. The van der Waals surface area contributed by atoms with Crippen LogP contribution in [-0.2, 0) is 5.41 Å². The Morgan fingerprint density at radius 3 is 1.59 bits per heavy atom. The van der Waals surface area contributed by atoms with Gasteiger partial charge in [-0.1, -0.05) is 164 Å². The highest BCUT2D eigenvalue weighted by atomic mass is 16.3. The molecular formula is C55H35NO2. The fraction of sp³-hybridized carbons (Fsp3) is 0.0182. The Morgan fingerprint density at radius 2 is 0.862 bits per heavy atom. The minimum Gasteiger partial charge on any atom is -0.456 e. The third-order valence-corrected chi connectivity index (χ3v) is 12.2. The van der Waals surface area contributed by atoms with Crippen molar-refractivity contribution in [3.63, 3.8) is 0 Å². The number of fused-ring (bicyclic) bond motifs is 9. The zero-order chi connectivity index (χ0) is 38.2. The van der Waals surface area contributed by atoms with Crippen LogP contribution in [0.1, 0.15) is 22.3 Å². The first-order valence-corrected chi connectivity index (χ1v) is 19.8. The van der Waals surface area contributed by atoms with Crippen molar-refractivity contribution in [2.24, 2.45) is 0 Å². The van der Waals surface area contributed by atoms with E-state index in [-0.39, 0.29) is 0 Å². The minimum absolute atomic E-state index is 0.474. The van der Waals surface area contributed by atoms with Gasteiger partial charge in [-0.25, -0.2) is 0 Å². The average Bonchev–Trinajstić information content (AvgIpc) is 3.96. The van der Waals surface area contributed by atoms with Gasteiger partial charge in [-0.05, 0) is 87.5 Å². The summed E-state index contributed by atoms with van der Waals surface area (Å²) in [6, 6.07) is 76.2. The first kappa shape index (κ1) is 32.6. The van der Waals surface area contributed by atoms with Gasteiger partial charge in [0.15, 0.2) is 0 Å². The summed E-state index contributed by atoms with van der Waals surface area (Å²) in [5, 5.41) is 4.42. The van der Waals surface area contributed by atoms with Crippen LogP contribution in [0.15, 0.2) is 221 Å². The number of rotatable bonds is 6. The summed E-state index contributed by atoms with van der Waals surface area (Å²) in [7, 11) is 0. The molecule has 0 saturated carbocycles. The van der Waals surface area contributed by atoms with E-state index < -0.39 is 5.41 Å². The SMILES string of the molecule is c1ccc(C2(c3ccc(N(c4ccc(-c5cccc6c5oc5ccccc56)cc4)c4cccc5oc6ccccc6c45)cc3)c3ccccc3-c3ccccc32)cc1. The highest BCUT2D eigenvalue weighted by Gasteiger charge is 2.45. The molecule has 0 aliphatic heterocycles. The lowest BCUT2D eigenvalue weighted by molar-refractivity contribution is 0.669. The highest BCUT2D eigenvalue weighted by molar-refractivity contribution is 6.13. The lowest BCUT2D eigenvalue weighted by Gasteiger charge is -2.34. The van der Waals surface area contributed by atoms with E-state index in [4.69, 9.17) is 8.83 Å². The van der Waals surface area contributed by atoms with Crippen LogP contribution in [0.4, 0.5) is 17.1 Å². The fourth-order valence-corrected chi connectivity index (χ4v) is 9.71. The van der Waals surface area contributed by atoms with Crippen LogP contribution in [0.3, 0.4) is 0 Å². The van der Waals surface area contributed by atoms with Gasteiger partial charge in [-0.2, -0.15) is 0 Å². The van der Waals surface area contributed by atoms with Crippen LogP contribution in [0.25, 0.3) is 66.1 Å². The molecule has 272 valence electrons. The molecule has 3 nitrogen and oxygen atoms in total. The molecule has 0 unspecified atom stereocenters. The summed E-state index contributed by atoms with van der Waals surface area (Å²) in [4.78, 5) is 2.37. The topological polar surface area (TPSA) is 29.5 Å². The van der Waals surface area contributed by atoms with Crippen molar-refractivity contribution < 1.29 is 8.83 Å². The van der Waals surface area contributed by atoms with Crippen molar-refractivity contribution >= 4 is 60.9 Å². The first-order chi connectivity index (χ1) is 28.8. The van der Waals surface area contributed by atoms with Crippen molar-refractivity contribution in [3.05, 3.63) is 235 Å². The van der Waals surface area contributed by atoms with Gasteiger partial charge in [0.2, 0.25) is 0 Å². The molecule has 0 spiro atoms. The predicted molar refractivity (Wildman–Crippen MR) is 238 cm³/mol. The number of benzene rings is 9. The van der Waals surface area contributed by atoms with Gasteiger partial charge in [0, 0.05) is 33.1 Å². The van der Waals surface area contributed by atoms with E-state index in [1.807, 2.05) is 24.3 Å². The normalized spacial score (nSPS) is 13.0. The number of furan rings is 2. The van der Waals surface area contributed by atoms with E-state index in [2.05, 4.69) is 193 Å². The number of hydrogen-bond donors (Lipinski definition) is 0. The summed E-state index contributed by atoms with van der Waals surface area (Å²) in [5.74, 6) is 0. The van der Waals surface area contributed by atoms with E-state index in [9.17, 15) is 0 Å². The summed E-state index contributed by atoms with van der Waals surface area (Å²) >= 11 is 0. The van der Waals surface area contributed by atoms with E-state index in [1.54, 1.807) is 0 Å². The van der Waals surface area contributed by atoms with Crippen molar-refractivity contribution in [1.82, 2.24) is 0 Å². The van der Waals surface area contributed by atoms with Crippen LogP contribution in [-0.4, -0.2) is 0 Å². The lowest BCUT2D eigenvalue weighted by Crippen LogP contribution is -2.28. The maximum atomic E-state index is 6.45. The number of nitrogens with zero attached hydrogens (tertiary/aromatic N) is 1. The van der Waals surface area contributed by atoms with E-state index in [1.165, 1.54) is 33.4 Å². The molecule has 0 radical (unpaired) electrons. The van der Waals surface area contributed by atoms with Crippen LogP contribution >= 0.6 is 0 Å². The zero-order valence-electron chi connectivity index (χ0n) is 31.5. The molecule has 2 heterocycles. The standard InChI is InChI=1S/C55H35NO2/c1-2-14-37(15-3-1)55(47-22-8-4-16-42(47)43-17-5-9-23-48(43)55)38-30-34-40(35-31-38)56(49-24-13-27-52-53(49)46-19-7-11-26-51(46)57-52)39-32-28-36(29-33-39)41-20-12-21-45-44-18-6-10-25-50(44)58-54(41)45/h1-35H. The van der Waals surface area contributed by atoms with Gasteiger partial charge >= 0.3 is 0 Å². The first-order valence-electron chi connectivity index (χ1n) is 19.8. The quantitative estimate of drug-likeness (QED) is 0.170. The molecule has 2 aromatic heterocycles. The van der Waals surface area contributed by atoms with Crippen molar-refractivity contribution in [1.29, 1.82) is 0 Å². The summed E-state index contributed by atoms with van der Waals surface area (Å²) in [5.41, 5.74) is 16.0. The molecule has 3 heteroatoms. The molecule has 11 aromatic rings. The van der Waals surface area contributed by atoms with E-state index in [0.717, 1.165) is 72.1 Å². The Hall–Kier alpha value is -7.62. The monoisotopic (exact) mass is 741 g/mol. The maximum absolute atomic E-state index is 6.45. The zero-order valence-corrected chi connectivity index (χ0v) is 31.5. The summed E-state index contributed by atoms with van der Waals surface area (Å²) in [6.07, 6.45) is 0. The van der Waals surface area contributed by atoms with Gasteiger partial charge in [0.05, 0.1) is 16.5 Å². The molecule has 9 aromatic carbocycles. The van der Waals surface area contributed by atoms with Crippen LogP contribution in [0.5, 0.6) is 0 Å². The fourth-order valence-electron chi connectivity index (χ4n) is 9.71. The Labute approximate surface area is 335 Å². The van der Waals surface area contributed by atoms with Crippen LogP contribution in [0.2, 0.25) is 0 Å². The second kappa shape index (κ2) is 12.7. The number of anilines is 3. The molecule has 0 bridgehead atoms. The smallest absolute Gasteiger partial charge is 0.143 e. The van der Waals surface area contributed by atoms with Gasteiger partial charge < -0.3 is 13.7 Å². The van der Waals surface area contributed by atoms with E-state index in [0.29, 0.717) is 0 Å². The van der Waals surface area contributed by atoms with Gasteiger partial charge in [-0.15, -0.1) is 0 Å². The van der Waals surface area contributed by atoms with Gasteiger partial charge in [0.25, 0.3) is 0 Å². The Morgan fingerprint density at radius 1 is 0.345 bits per heavy atom. The molecule has 0 N–H and O–H groups in total. The molecule has 0 saturated heterocycles. The van der Waals surface area contributed by atoms with E-state index >= 15 is 0 Å². The third kappa shape index (κ3) is 4.68. The Kier molecular flexibility index (Phi) is 7.14. The Balaban J connectivity index is 1.05. The molecular weight excluding hydrogens is 707 g/mol. The average molecular weight is 742 g/mol. The molecule has 1 aliphatic carbocycles. The molecule has 1 aliphatic rings. The van der Waals surface area contributed by atoms with Crippen molar-refractivity contribution in [2.45, 2.75) is 5.41 Å². The number of hydrogen-bond acceptors (Lipinski definition) is 3. The van der Waals surface area contributed by atoms with Gasteiger partial charge in [-0.3, -0.25) is 0 Å². The largest absolute Gasteiger partial charge is 0.456 e. The van der Waals surface area contributed by atoms with Crippen molar-refractivity contribution in [3.8, 4) is 22.3 Å². The highest BCUT2D eigenvalue weighted by Crippen LogP contribution is 2.56. The van der Waals surface area contributed by atoms with Crippen molar-refractivity contribution in [2.75, 3.05) is 4.90 Å². The molecule has 12 rings (SSSR count). The predicted octanol–water partition coefficient (Wildman–Crippen LogP) is 15.0. The maximum Gasteiger partial charge on any atom is 0.143 e. The second-order valence-corrected chi connectivity index (χ2v) is 15.2. The second-order valence-electron chi connectivity index (χ2n) is 15.2. The summed E-state index contributed by atoms with van der Waals surface area (Å²) in [6.45, 7) is 0.